The minimum Gasteiger partial charge on any atom is -0.422 e. The number of carbonyl (C=O) groups is 1. The summed E-state index contributed by atoms with van der Waals surface area (Å²) in [6.07, 6.45) is 0. The number of carbonyl (C=O) groups excluding carboxylic acids is 1. The number of hydrogen-bond donors (Lipinski definition) is 0. The van der Waals surface area contributed by atoms with E-state index in [1.54, 1.807) is 36.4 Å². The minimum atomic E-state index is -0.479. The Hall–Kier alpha value is -3.38. The number of esters is 1. The zero-order chi connectivity index (χ0) is 16.1. The average Bonchev–Trinajstić information content (AvgIpc) is 2.63. The van der Waals surface area contributed by atoms with E-state index >= 15 is 0 Å². The third kappa shape index (κ3) is 3.12. The Morgan fingerprint density at radius 2 is 1.48 bits per heavy atom. The molecule has 0 spiro atoms. The van der Waals surface area contributed by atoms with Gasteiger partial charge in [0.25, 0.3) is 0 Å². The van der Waals surface area contributed by atoms with Gasteiger partial charge in [0.1, 0.15) is 11.8 Å². The van der Waals surface area contributed by atoms with Crippen LogP contribution in [0.4, 0.5) is 0 Å². The monoisotopic (exact) mass is 299 g/mol. The quantitative estimate of drug-likeness (QED) is 0.530. The third-order valence-electron chi connectivity index (χ3n) is 3.44. The first-order valence-electron chi connectivity index (χ1n) is 7.15. The predicted octanol–water partition coefficient (Wildman–Crippen LogP) is 4.44. The van der Waals surface area contributed by atoms with Gasteiger partial charge in [-0.25, -0.2) is 4.79 Å². The number of benzene rings is 3. The van der Waals surface area contributed by atoms with Crippen LogP contribution in [0.2, 0.25) is 0 Å². The van der Waals surface area contributed by atoms with Gasteiger partial charge in [-0.3, -0.25) is 0 Å². The molecule has 0 saturated carbocycles. The molecule has 0 unspecified atom stereocenters. The van der Waals surface area contributed by atoms with Crippen molar-refractivity contribution >= 4 is 5.97 Å². The van der Waals surface area contributed by atoms with Crippen LogP contribution in [0, 0.1) is 11.3 Å². The van der Waals surface area contributed by atoms with Crippen LogP contribution >= 0.6 is 0 Å². The molecule has 0 aliphatic carbocycles. The maximum absolute atomic E-state index is 12.5. The number of nitriles is 1. The van der Waals surface area contributed by atoms with Crippen molar-refractivity contribution in [3.8, 4) is 22.9 Å². The molecule has 3 aromatic carbocycles. The van der Waals surface area contributed by atoms with Crippen molar-refractivity contribution in [2.45, 2.75) is 0 Å². The average molecular weight is 299 g/mol. The summed E-state index contributed by atoms with van der Waals surface area (Å²) in [5.41, 5.74) is 2.53. The Bertz CT molecular complexity index is 879. The fourth-order valence-corrected chi connectivity index (χ4v) is 2.33. The van der Waals surface area contributed by atoms with Gasteiger partial charge >= 0.3 is 5.97 Å². The van der Waals surface area contributed by atoms with E-state index in [-0.39, 0.29) is 5.75 Å². The second-order valence-corrected chi connectivity index (χ2v) is 4.91. The van der Waals surface area contributed by atoms with Crippen LogP contribution in [0.3, 0.4) is 0 Å². The number of nitrogens with zero attached hydrogens (tertiary/aromatic N) is 1. The molecule has 23 heavy (non-hydrogen) atoms. The molecule has 3 aromatic rings. The minimum absolute atomic E-state index is 0.267. The molecule has 0 amide bonds. The highest BCUT2D eigenvalue weighted by Gasteiger charge is 2.15. The lowest BCUT2D eigenvalue weighted by Crippen LogP contribution is -2.10. The summed E-state index contributed by atoms with van der Waals surface area (Å²) in [7, 11) is 0. The molecule has 0 aliphatic rings. The molecular weight excluding hydrogens is 286 g/mol. The van der Waals surface area contributed by atoms with Crippen LogP contribution < -0.4 is 4.74 Å². The van der Waals surface area contributed by atoms with Crippen molar-refractivity contribution in [2.75, 3.05) is 0 Å². The summed E-state index contributed by atoms with van der Waals surface area (Å²) < 4.78 is 5.42. The molecular formula is C20H13NO2. The summed E-state index contributed by atoms with van der Waals surface area (Å²) in [5.74, 6) is -0.213. The van der Waals surface area contributed by atoms with E-state index in [1.165, 1.54) is 0 Å². The van der Waals surface area contributed by atoms with Gasteiger partial charge < -0.3 is 4.74 Å². The van der Waals surface area contributed by atoms with Crippen molar-refractivity contribution in [3.05, 3.63) is 90.0 Å². The van der Waals surface area contributed by atoms with E-state index in [2.05, 4.69) is 0 Å². The molecule has 0 radical (unpaired) electrons. The van der Waals surface area contributed by atoms with Crippen LogP contribution in [0.1, 0.15) is 15.9 Å². The first kappa shape index (κ1) is 14.6. The molecule has 0 saturated heterocycles. The van der Waals surface area contributed by atoms with Crippen LogP contribution in [-0.4, -0.2) is 5.97 Å². The van der Waals surface area contributed by atoms with Crippen LogP contribution in [0.5, 0.6) is 5.75 Å². The second-order valence-electron chi connectivity index (χ2n) is 4.91. The van der Waals surface area contributed by atoms with Crippen LogP contribution in [0.15, 0.2) is 78.9 Å². The maximum Gasteiger partial charge on any atom is 0.344 e. The zero-order valence-electron chi connectivity index (χ0n) is 12.3. The third-order valence-corrected chi connectivity index (χ3v) is 3.44. The van der Waals surface area contributed by atoms with Crippen molar-refractivity contribution in [2.24, 2.45) is 0 Å². The van der Waals surface area contributed by atoms with Gasteiger partial charge in [0.2, 0.25) is 0 Å². The summed E-state index contributed by atoms with van der Waals surface area (Å²) in [6, 6.07) is 25.6. The molecule has 0 aromatic heterocycles. The van der Waals surface area contributed by atoms with E-state index in [0.29, 0.717) is 11.1 Å². The second kappa shape index (κ2) is 6.59. The van der Waals surface area contributed by atoms with Crippen LogP contribution in [-0.2, 0) is 0 Å². The summed E-state index contributed by atoms with van der Waals surface area (Å²) in [4.78, 5) is 12.5. The highest BCUT2D eigenvalue weighted by molar-refractivity contribution is 5.98. The van der Waals surface area contributed by atoms with E-state index < -0.39 is 5.97 Å². The standard InChI is InChI=1S/C20H13NO2/c21-14-16-10-4-7-13-19(16)23-20(22)18-12-6-5-11-17(18)15-8-2-1-3-9-15/h1-13H. The van der Waals surface area contributed by atoms with E-state index in [0.717, 1.165) is 11.1 Å². The van der Waals surface area contributed by atoms with Gasteiger partial charge in [-0.2, -0.15) is 5.26 Å². The Kier molecular flexibility index (Phi) is 4.17. The van der Waals surface area contributed by atoms with Crippen LogP contribution in [0.25, 0.3) is 11.1 Å². The molecule has 0 fully saturated rings. The lowest BCUT2D eigenvalue weighted by atomic mass is 10.00. The fraction of sp³-hybridized carbons (Fsp3) is 0. The SMILES string of the molecule is N#Cc1ccccc1OC(=O)c1ccccc1-c1ccccc1. The van der Waals surface area contributed by atoms with Crippen molar-refractivity contribution in [1.82, 2.24) is 0 Å². The number of ether oxygens (including phenoxy) is 1. The van der Waals surface area contributed by atoms with Crippen molar-refractivity contribution < 1.29 is 9.53 Å². The Morgan fingerprint density at radius 1 is 0.826 bits per heavy atom. The lowest BCUT2D eigenvalue weighted by Gasteiger charge is -2.10. The molecule has 0 N–H and O–H groups in total. The molecule has 3 nitrogen and oxygen atoms in total. The molecule has 0 aliphatic heterocycles. The largest absolute Gasteiger partial charge is 0.422 e. The molecule has 0 atom stereocenters. The normalized spacial score (nSPS) is 9.87. The summed E-state index contributed by atoms with van der Waals surface area (Å²) in [5, 5.41) is 9.09. The first-order valence-corrected chi connectivity index (χ1v) is 7.15. The van der Waals surface area contributed by atoms with E-state index in [4.69, 9.17) is 10.00 Å². The Morgan fingerprint density at radius 3 is 2.26 bits per heavy atom. The zero-order valence-corrected chi connectivity index (χ0v) is 12.3. The summed E-state index contributed by atoms with van der Waals surface area (Å²) in [6.45, 7) is 0. The van der Waals surface area contributed by atoms with Crippen molar-refractivity contribution in [3.63, 3.8) is 0 Å². The fourth-order valence-electron chi connectivity index (χ4n) is 2.33. The highest BCUT2D eigenvalue weighted by Crippen LogP contribution is 2.25. The number of para-hydroxylation sites is 1. The summed E-state index contributed by atoms with van der Waals surface area (Å²) >= 11 is 0. The van der Waals surface area contributed by atoms with Crippen molar-refractivity contribution in [1.29, 1.82) is 5.26 Å². The first-order chi connectivity index (χ1) is 11.3. The van der Waals surface area contributed by atoms with E-state index in [1.807, 2.05) is 48.5 Å². The smallest absolute Gasteiger partial charge is 0.344 e. The predicted molar refractivity (Wildman–Crippen MR) is 88.0 cm³/mol. The molecule has 110 valence electrons. The topological polar surface area (TPSA) is 50.1 Å². The van der Waals surface area contributed by atoms with Gasteiger partial charge in [-0.05, 0) is 29.3 Å². The number of hydrogen-bond acceptors (Lipinski definition) is 3. The highest BCUT2D eigenvalue weighted by atomic mass is 16.5. The molecule has 0 bridgehead atoms. The maximum atomic E-state index is 12.5. The van der Waals surface area contributed by atoms with Gasteiger partial charge in [0, 0.05) is 0 Å². The van der Waals surface area contributed by atoms with Gasteiger partial charge in [0.05, 0.1) is 11.1 Å². The van der Waals surface area contributed by atoms with Gasteiger partial charge in [0.15, 0.2) is 0 Å². The molecule has 0 heterocycles. The van der Waals surface area contributed by atoms with Gasteiger partial charge in [-0.1, -0.05) is 60.7 Å². The molecule has 3 heteroatoms. The molecule has 3 rings (SSSR count). The van der Waals surface area contributed by atoms with Gasteiger partial charge in [-0.15, -0.1) is 0 Å². The number of rotatable bonds is 3. The Labute approximate surface area is 134 Å². The Balaban J connectivity index is 1.97. The van der Waals surface area contributed by atoms with E-state index in [9.17, 15) is 4.79 Å². The lowest BCUT2D eigenvalue weighted by molar-refractivity contribution is 0.0735.